The topological polar surface area (TPSA) is 40.5 Å². The van der Waals surface area contributed by atoms with Crippen molar-refractivity contribution in [2.45, 2.75) is 44.2 Å². The molecule has 0 aromatic heterocycles. The molecule has 1 saturated carbocycles. The van der Waals surface area contributed by atoms with Crippen LogP contribution in [-0.4, -0.2) is 35.1 Å². The van der Waals surface area contributed by atoms with Crippen LogP contribution in [0.3, 0.4) is 0 Å². The second kappa shape index (κ2) is 6.55. The number of carbonyl (C=O) groups excluding carboxylic acids is 1. The summed E-state index contributed by atoms with van der Waals surface area (Å²) in [6, 6.07) is 4.15. The summed E-state index contributed by atoms with van der Waals surface area (Å²) in [5.41, 5.74) is 0.330. The fourth-order valence-corrected chi connectivity index (χ4v) is 2.84. The van der Waals surface area contributed by atoms with Crippen molar-refractivity contribution in [3.05, 3.63) is 34.6 Å². The lowest BCUT2D eigenvalue weighted by molar-refractivity contribution is -0.134. The van der Waals surface area contributed by atoms with Crippen molar-refractivity contribution in [2.24, 2.45) is 0 Å². The molecule has 1 amide bonds. The van der Waals surface area contributed by atoms with E-state index in [9.17, 15) is 14.3 Å². The maximum absolute atomic E-state index is 13.7. The monoisotopic (exact) mass is 299 g/mol. The van der Waals surface area contributed by atoms with Crippen LogP contribution < -0.4 is 0 Å². The van der Waals surface area contributed by atoms with Crippen LogP contribution in [0.2, 0.25) is 5.02 Å². The fourth-order valence-electron chi connectivity index (χ4n) is 2.68. The summed E-state index contributed by atoms with van der Waals surface area (Å²) in [6.45, 7) is 0. The van der Waals surface area contributed by atoms with Crippen molar-refractivity contribution in [2.75, 3.05) is 7.05 Å². The minimum Gasteiger partial charge on any atom is -0.391 e. The Balaban J connectivity index is 2.03. The minimum absolute atomic E-state index is 0.0112. The van der Waals surface area contributed by atoms with Crippen molar-refractivity contribution in [3.8, 4) is 0 Å². The van der Waals surface area contributed by atoms with Crippen LogP contribution in [0.4, 0.5) is 4.39 Å². The van der Waals surface area contributed by atoms with Gasteiger partial charge in [0.2, 0.25) is 5.91 Å². The second-order valence-corrected chi connectivity index (χ2v) is 5.77. The Bertz CT molecular complexity index is 495. The zero-order chi connectivity index (χ0) is 14.7. The highest BCUT2D eigenvalue weighted by molar-refractivity contribution is 6.30. The van der Waals surface area contributed by atoms with Crippen molar-refractivity contribution in [1.29, 1.82) is 0 Å². The van der Waals surface area contributed by atoms with Gasteiger partial charge in [0.15, 0.2) is 0 Å². The predicted molar refractivity (Wildman–Crippen MR) is 76.1 cm³/mol. The van der Waals surface area contributed by atoms with Gasteiger partial charge in [0.05, 0.1) is 18.6 Å². The van der Waals surface area contributed by atoms with Crippen molar-refractivity contribution >= 4 is 17.5 Å². The molecule has 3 nitrogen and oxygen atoms in total. The lowest BCUT2D eigenvalue weighted by Crippen LogP contribution is -2.46. The molecule has 1 aromatic rings. The van der Waals surface area contributed by atoms with E-state index in [1.807, 2.05) is 0 Å². The Morgan fingerprint density at radius 3 is 2.80 bits per heavy atom. The number of likely N-dealkylation sites (N-methyl/N-ethyl adjacent to an activating group) is 1. The first-order valence-corrected chi connectivity index (χ1v) is 7.24. The molecule has 1 N–H and O–H groups in total. The normalized spacial score (nSPS) is 22.6. The number of aliphatic hydroxyl groups excluding tert-OH is 1. The number of hydrogen-bond donors (Lipinski definition) is 1. The Morgan fingerprint density at radius 1 is 1.45 bits per heavy atom. The van der Waals surface area contributed by atoms with Crippen LogP contribution in [0.5, 0.6) is 0 Å². The Hall–Kier alpha value is -1.13. The maximum Gasteiger partial charge on any atom is 0.227 e. The molecule has 110 valence electrons. The van der Waals surface area contributed by atoms with Crippen LogP contribution in [-0.2, 0) is 11.2 Å². The highest BCUT2D eigenvalue weighted by Gasteiger charge is 2.29. The van der Waals surface area contributed by atoms with E-state index >= 15 is 0 Å². The highest BCUT2D eigenvalue weighted by Crippen LogP contribution is 2.23. The summed E-state index contributed by atoms with van der Waals surface area (Å²) in [6.07, 6.45) is 3.03. The van der Waals surface area contributed by atoms with Crippen LogP contribution in [0.15, 0.2) is 18.2 Å². The molecule has 2 rings (SSSR count). The summed E-state index contributed by atoms with van der Waals surface area (Å²) < 4.78 is 13.7. The molecule has 0 unspecified atom stereocenters. The molecule has 20 heavy (non-hydrogen) atoms. The predicted octanol–water partition coefficient (Wildman–Crippen LogP) is 2.78. The van der Waals surface area contributed by atoms with Gasteiger partial charge >= 0.3 is 0 Å². The van der Waals surface area contributed by atoms with Gasteiger partial charge in [0, 0.05) is 12.1 Å². The number of amides is 1. The lowest BCUT2D eigenvalue weighted by Gasteiger charge is -2.35. The molecule has 0 aliphatic heterocycles. The second-order valence-electron chi connectivity index (χ2n) is 5.34. The molecular weight excluding hydrogens is 281 g/mol. The van der Waals surface area contributed by atoms with Crippen LogP contribution in [0.25, 0.3) is 0 Å². The van der Waals surface area contributed by atoms with Gasteiger partial charge in [-0.2, -0.15) is 0 Å². The molecule has 1 fully saturated rings. The molecular formula is C15H19ClFNO2. The minimum atomic E-state index is -0.479. The van der Waals surface area contributed by atoms with Crippen molar-refractivity contribution < 1.29 is 14.3 Å². The number of nitrogens with zero attached hydrogens (tertiary/aromatic N) is 1. The molecule has 1 aromatic carbocycles. The van der Waals surface area contributed by atoms with Gasteiger partial charge in [-0.1, -0.05) is 30.5 Å². The van der Waals surface area contributed by atoms with Crippen LogP contribution in [0.1, 0.15) is 31.2 Å². The van der Waals surface area contributed by atoms with E-state index in [-0.39, 0.29) is 18.4 Å². The maximum atomic E-state index is 13.7. The molecule has 0 saturated heterocycles. The fraction of sp³-hybridized carbons (Fsp3) is 0.533. The molecule has 5 heteroatoms. The van der Waals surface area contributed by atoms with E-state index in [4.69, 9.17) is 11.6 Å². The van der Waals surface area contributed by atoms with E-state index in [0.717, 1.165) is 25.7 Å². The lowest BCUT2D eigenvalue weighted by atomic mass is 9.91. The third-order valence-electron chi connectivity index (χ3n) is 3.94. The van der Waals surface area contributed by atoms with Gasteiger partial charge < -0.3 is 10.0 Å². The third kappa shape index (κ3) is 3.49. The number of halogens is 2. The molecule has 0 heterocycles. The number of hydrogen-bond acceptors (Lipinski definition) is 2. The third-order valence-corrected chi connectivity index (χ3v) is 4.18. The Labute approximate surface area is 123 Å². The van der Waals surface area contributed by atoms with Gasteiger partial charge in [-0.15, -0.1) is 0 Å². The first kappa shape index (κ1) is 15.3. The number of benzene rings is 1. The number of carbonyl (C=O) groups is 1. The van der Waals surface area contributed by atoms with Gasteiger partial charge in [-0.25, -0.2) is 4.39 Å². The van der Waals surface area contributed by atoms with Crippen molar-refractivity contribution in [1.82, 2.24) is 4.90 Å². The molecule has 0 bridgehead atoms. The molecule has 0 spiro atoms. The highest BCUT2D eigenvalue weighted by atomic mass is 35.5. The van der Waals surface area contributed by atoms with Gasteiger partial charge in [0.25, 0.3) is 0 Å². The molecule has 0 radical (unpaired) electrons. The van der Waals surface area contributed by atoms with Crippen LogP contribution in [0, 0.1) is 5.82 Å². The standard InChI is InChI=1S/C15H19ClFNO2/c1-18(13-4-2-3-5-14(13)19)15(20)8-10-6-7-11(16)9-12(10)17/h6-7,9,13-14,19H,2-5,8H2,1H3/t13-,14-/m1/s1. The number of aliphatic hydroxyl groups is 1. The smallest absolute Gasteiger partial charge is 0.227 e. The van der Waals surface area contributed by atoms with Gasteiger partial charge in [-0.3, -0.25) is 4.79 Å². The summed E-state index contributed by atoms with van der Waals surface area (Å²) in [5.74, 6) is -0.652. The SMILES string of the molecule is CN(C(=O)Cc1ccc(Cl)cc1F)[C@@H]1CCCC[C@H]1O. The molecule has 2 atom stereocenters. The van der Waals surface area contributed by atoms with Gasteiger partial charge in [-0.05, 0) is 30.5 Å². The largest absolute Gasteiger partial charge is 0.391 e. The summed E-state index contributed by atoms with van der Waals surface area (Å²) >= 11 is 5.69. The van der Waals surface area contributed by atoms with Gasteiger partial charge in [0.1, 0.15) is 5.82 Å². The molecule has 1 aliphatic rings. The van der Waals surface area contributed by atoms with E-state index in [0.29, 0.717) is 10.6 Å². The zero-order valence-corrected chi connectivity index (χ0v) is 12.2. The summed E-state index contributed by atoms with van der Waals surface area (Å²) in [7, 11) is 1.68. The average molecular weight is 300 g/mol. The zero-order valence-electron chi connectivity index (χ0n) is 11.5. The van der Waals surface area contributed by atoms with E-state index in [2.05, 4.69) is 0 Å². The van der Waals surface area contributed by atoms with E-state index in [1.54, 1.807) is 18.0 Å². The summed E-state index contributed by atoms with van der Waals surface area (Å²) in [4.78, 5) is 13.8. The van der Waals surface area contributed by atoms with Crippen molar-refractivity contribution in [3.63, 3.8) is 0 Å². The first-order valence-electron chi connectivity index (χ1n) is 6.86. The van der Waals surface area contributed by atoms with E-state index in [1.165, 1.54) is 12.1 Å². The van der Waals surface area contributed by atoms with Crippen LogP contribution >= 0.6 is 11.6 Å². The Morgan fingerprint density at radius 2 is 2.15 bits per heavy atom. The first-order chi connectivity index (χ1) is 9.49. The molecule has 1 aliphatic carbocycles. The Kier molecular flexibility index (Phi) is 5.00. The van der Waals surface area contributed by atoms with E-state index < -0.39 is 11.9 Å². The quantitative estimate of drug-likeness (QED) is 0.932. The average Bonchev–Trinajstić information content (AvgIpc) is 2.41. The number of rotatable bonds is 3. The summed E-state index contributed by atoms with van der Waals surface area (Å²) in [5, 5.41) is 10.3.